The molecule has 106 valence electrons. The molecule has 0 aliphatic heterocycles. The number of aliphatic hydroxyl groups excluding tert-OH is 1. The van der Waals surface area contributed by atoms with Gasteiger partial charge in [0.2, 0.25) is 10.0 Å². The van der Waals surface area contributed by atoms with Crippen LogP contribution in [-0.2, 0) is 10.0 Å². The van der Waals surface area contributed by atoms with Gasteiger partial charge < -0.3 is 5.11 Å². The first kappa shape index (κ1) is 14.5. The van der Waals surface area contributed by atoms with E-state index in [9.17, 15) is 13.5 Å². The summed E-state index contributed by atoms with van der Waals surface area (Å²) in [5.74, 6) is 0.329. The molecule has 0 heterocycles. The predicted molar refractivity (Wildman–Crippen MR) is 75.1 cm³/mol. The van der Waals surface area contributed by atoms with Crippen molar-refractivity contribution in [1.29, 1.82) is 0 Å². The van der Waals surface area contributed by atoms with Crippen LogP contribution in [0.4, 0.5) is 0 Å². The van der Waals surface area contributed by atoms with Crippen molar-refractivity contribution in [1.82, 2.24) is 4.72 Å². The van der Waals surface area contributed by atoms with E-state index in [4.69, 9.17) is 0 Å². The number of benzene rings is 1. The fourth-order valence-electron chi connectivity index (χ4n) is 2.52. The molecule has 2 rings (SSSR count). The van der Waals surface area contributed by atoms with Crippen molar-refractivity contribution in [2.75, 3.05) is 5.75 Å². The Labute approximate surface area is 114 Å². The zero-order valence-electron chi connectivity index (χ0n) is 11.1. The van der Waals surface area contributed by atoms with E-state index in [1.165, 1.54) is 0 Å². The van der Waals surface area contributed by atoms with Gasteiger partial charge in [-0.05, 0) is 30.7 Å². The van der Waals surface area contributed by atoms with E-state index in [0.717, 1.165) is 5.56 Å². The second kappa shape index (κ2) is 6.03. The highest BCUT2D eigenvalue weighted by Gasteiger charge is 2.36. The summed E-state index contributed by atoms with van der Waals surface area (Å²) in [6.45, 7) is 1.85. The molecule has 1 atom stereocenters. The van der Waals surface area contributed by atoms with Crippen LogP contribution in [0.2, 0.25) is 0 Å². The summed E-state index contributed by atoms with van der Waals surface area (Å²) in [7, 11) is -3.25. The average Bonchev–Trinajstić information content (AvgIpc) is 2.33. The second-order valence-corrected chi connectivity index (χ2v) is 7.08. The van der Waals surface area contributed by atoms with Crippen molar-refractivity contribution in [3.05, 3.63) is 35.9 Å². The molecule has 1 aromatic carbocycles. The van der Waals surface area contributed by atoms with Crippen LogP contribution < -0.4 is 4.72 Å². The molecule has 1 aliphatic rings. The molecule has 0 amide bonds. The number of rotatable bonds is 6. The Morgan fingerprint density at radius 2 is 1.95 bits per heavy atom. The fraction of sp³-hybridized carbons (Fsp3) is 0.571. The summed E-state index contributed by atoms with van der Waals surface area (Å²) in [4.78, 5) is 0. The first-order chi connectivity index (χ1) is 9.02. The highest BCUT2D eigenvalue weighted by molar-refractivity contribution is 7.89. The quantitative estimate of drug-likeness (QED) is 0.837. The molecular weight excluding hydrogens is 262 g/mol. The SMILES string of the molecule is CCCS(=O)(=O)N[C@H](c1ccccc1)C1CC(O)C1. The molecule has 2 N–H and O–H groups in total. The van der Waals surface area contributed by atoms with E-state index in [2.05, 4.69) is 4.72 Å². The Hall–Kier alpha value is -0.910. The lowest BCUT2D eigenvalue weighted by molar-refractivity contribution is 0.0280. The molecule has 1 aliphatic carbocycles. The first-order valence-corrected chi connectivity index (χ1v) is 8.40. The van der Waals surface area contributed by atoms with Crippen molar-refractivity contribution in [2.45, 2.75) is 38.3 Å². The van der Waals surface area contributed by atoms with Gasteiger partial charge in [-0.2, -0.15) is 0 Å². The van der Waals surface area contributed by atoms with Gasteiger partial charge in [0.25, 0.3) is 0 Å². The fourth-order valence-corrected chi connectivity index (χ4v) is 3.89. The smallest absolute Gasteiger partial charge is 0.212 e. The van der Waals surface area contributed by atoms with Crippen LogP contribution in [0.25, 0.3) is 0 Å². The molecule has 1 aromatic rings. The second-order valence-electron chi connectivity index (χ2n) is 5.21. The highest BCUT2D eigenvalue weighted by atomic mass is 32.2. The van der Waals surface area contributed by atoms with Crippen LogP contribution >= 0.6 is 0 Å². The summed E-state index contributed by atoms with van der Waals surface area (Å²) in [5, 5.41) is 9.44. The van der Waals surface area contributed by atoms with Crippen LogP contribution in [0, 0.1) is 5.92 Å². The Morgan fingerprint density at radius 3 is 2.47 bits per heavy atom. The van der Waals surface area contributed by atoms with E-state index < -0.39 is 10.0 Å². The normalized spacial score (nSPS) is 24.7. The molecule has 19 heavy (non-hydrogen) atoms. The van der Waals surface area contributed by atoms with Gasteiger partial charge in [-0.3, -0.25) is 0 Å². The predicted octanol–water partition coefficient (Wildman–Crippen LogP) is 1.83. The van der Waals surface area contributed by atoms with E-state index in [-0.39, 0.29) is 23.8 Å². The van der Waals surface area contributed by atoms with Gasteiger partial charge in [-0.15, -0.1) is 0 Å². The zero-order valence-corrected chi connectivity index (χ0v) is 11.9. The van der Waals surface area contributed by atoms with Gasteiger partial charge in [0, 0.05) is 6.04 Å². The van der Waals surface area contributed by atoms with Gasteiger partial charge in [0.15, 0.2) is 0 Å². The standard InChI is InChI=1S/C14H21NO3S/c1-2-8-19(17,18)15-14(12-9-13(16)10-12)11-6-4-3-5-7-11/h3-7,12-16H,2,8-10H2,1H3/t12?,13?,14-/m1/s1. The molecule has 0 saturated heterocycles. The van der Waals surface area contributed by atoms with E-state index in [0.29, 0.717) is 19.3 Å². The minimum Gasteiger partial charge on any atom is -0.393 e. The van der Waals surface area contributed by atoms with Gasteiger partial charge in [0.1, 0.15) is 0 Å². The van der Waals surface area contributed by atoms with Gasteiger partial charge in [-0.25, -0.2) is 13.1 Å². The lowest BCUT2D eigenvalue weighted by Gasteiger charge is -2.38. The minimum absolute atomic E-state index is 0.144. The summed E-state index contributed by atoms with van der Waals surface area (Å²) >= 11 is 0. The third-order valence-electron chi connectivity index (χ3n) is 3.56. The summed E-state index contributed by atoms with van der Waals surface area (Å²) in [6, 6.07) is 9.38. The maximum atomic E-state index is 12.0. The van der Waals surface area contributed by atoms with Crippen molar-refractivity contribution in [3.8, 4) is 0 Å². The van der Waals surface area contributed by atoms with E-state index in [1.54, 1.807) is 0 Å². The number of sulfonamides is 1. The maximum absolute atomic E-state index is 12.0. The van der Waals surface area contributed by atoms with E-state index >= 15 is 0 Å². The van der Waals surface area contributed by atoms with Crippen LogP contribution in [0.5, 0.6) is 0 Å². The van der Waals surface area contributed by atoms with Gasteiger partial charge in [-0.1, -0.05) is 37.3 Å². The largest absolute Gasteiger partial charge is 0.393 e. The topological polar surface area (TPSA) is 66.4 Å². The summed E-state index contributed by atoms with van der Waals surface area (Å²) in [6.07, 6.45) is 1.64. The zero-order chi connectivity index (χ0) is 13.9. The molecular formula is C14H21NO3S. The molecule has 0 aromatic heterocycles. The molecule has 1 saturated carbocycles. The van der Waals surface area contributed by atoms with Gasteiger partial charge >= 0.3 is 0 Å². The number of hydrogen-bond donors (Lipinski definition) is 2. The Morgan fingerprint density at radius 1 is 1.32 bits per heavy atom. The van der Waals surface area contributed by atoms with Crippen molar-refractivity contribution < 1.29 is 13.5 Å². The molecule has 0 bridgehead atoms. The molecule has 0 spiro atoms. The number of aliphatic hydroxyl groups is 1. The van der Waals surface area contributed by atoms with E-state index in [1.807, 2.05) is 37.3 Å². The monoisotopic (exact) mass is 283 g/mol. The number of nitrogens with one attached hydrogen (secondary N) is 1. The van der Waals surface area contributed by atoms with Gasteiger partial charge in [0.05, 0.1) is 11.9 Å². The summed E-state index contributed by atoms with van der Waals surface area (Å²) in [5.41, 5.74) is 0.971. The minimum atomic E-state index is -3.25. The molecule has 0 radical (unpaired) electrons. The highest BCUT2D eigenvalue weighted by Crippen LogP contribution is 2.38. The number of hydrogen-bond acceptors (Lipinski definition) is 3. The van der Waals surface area contributed by atoms with Crippen LogP contribution in [0.1, 0.15) is 37.8 Å². The van der Waals surface area contributed by atoms with Crippen LogP contribution in [0.3, 0.4) is 0 Å². The van der Waals surface area contributed by atoms with Crippen molar-refractivity contribution in [3.63, 3.8) is 0 Å². The third-order valence-corrected chi connectivity index (χ3v) is 5.12. The molecule has 4 nitrogen and oxygen atoms in total. The molecule has 5 heteroatoms. The first-order valence-electron chi connectivity index (χ1n) is 6.75. The average molecular weight is 283 g/mol. The maximum Gasteiger partial charge on any atom is 0.212 e. The van der Waals surface area contributed by atoms with Crippen molar-refractivity contribution >= 4 is 10.0 Å². The lowest BCUT2D eigenvalue weighted by atomic mass is 9.75. The van der Waals surface area contributed by atoms with Crippen molar-refractivity contribution in [2.24, 2.45) is 5.92 Å². The molecule has 1 fully saturated rings. The Kier molecular flexibility index (Phi) is 4.60. The Balaban J connectivity index is 2.16. The summed E-state index contributed by atoms with van der Waals surface area (Å²) < 4.78 is 26.7. The van der Waals surface area contributed by atoms with Crippen LogP contribution in [0.15, 0.2) is 30.3 Å². The Bertz CT molecular complexity index is 495. The third kappa shape index (κ3) is 3.78. The lowest BCUT2D eigenvalue weighted by Crippen LogP contribution is -2.42. The molecule has 0 unspecified atom stereocenters. The van der Waals surface area contributed by atoms with Crippen LogP contribution in [-0.4, -0.2) is 25.4 Å².